The number of nitrogens with two attached hydrogens (primary N) is 1. The zero-order valence-corrected chi connectivity index (χ0v) is 9.82. The van der Waals surface area contributed by atoms with Crippen LogP contribution in [0.3, 0.4) is 0 Å². The zero-order valence-electron chi connectivity index (χ0n) is 9.82. The Bertz CT molecular complexity index is 321. The topological polar surface area (TPSA) is 35.1 Å². The second-order valence-electron chi connectivity index (χ2n) is 4.28. The third-order valence-corrected chi connectivity index (χ3v) is 3.06. The molecule has 3 nitrogen and oxygen atoms in total. The van der Waals surface area contributed by atoms with Crippen LogP contribution in [-0.2, 0) is 0 Å². The molecule has 1 fully saturated rings. The Morgan fingerprint density at radius 1 is 1.31 bits per heavy atom. The first-order valence-electron chi connectivity index (χ1n) is 5.97. The zero-order chi connectivity index (χ0) is 11.2. The summed E-state index contributed by atoms with van der Waals surface area (Å²) in [5.41, 5.74) is 0. The van der Waals surface area contributed by atoms with Crippen LogP contribution in [-0.4, -0.2) is 26.8 Å². The van der Waals surface area contributed by atoms with E-state index >= 15 is 0 Å². The van der Waals surface area contributed by atoms with E-state index in [0.29, 0.717) is 5.92 Å². The maximum Gasteiger partial charge on any atom is 0.161 e. The van der Waals surface area contributed by atoms with Crippen molar-refractivity contribution in [2.75, 3.05) is 26.8 Å². The summed E-state index contributed by atoms with van der Waals surface area (Å²) in [5.74, 6) is 2.36. The molecular formula is C13H20NO2+. The molecule has 0 radical (unpaired) electrons. The molecule has 16 heavy (non-hydrogen) atoms. The van der Waals surface area contributed by atoms with Gasteiger partial charge in [0.05, 0.1) is 26.8 Å². The van der Waals surface area contributed by atoms with E-state index in [-0.39, 0.29) is 0 Å². The van der Waals surface area contributed by atoms with Crippen molar-refractivity contribution in [3.8, 4) is 11.5 Å². The summed E-state index contributed by atoms with van der Waals surface area (Å²) in [7, 11) is 1.68. The first-order valence-corrected chi connectivity index (χ1v) is 5.97. The van der Waals surface area contributed by atoms with Crippen molar-refractivity contribution in [3.05, 3.63) is 24.3 Å². The number of methoxy groups -OCH3 is 1. The molecule has 0 unspecified atom stereocenters. The van der Waals surface area contributed by atoms with Crippen LogP contribution >= 0.6 is 0 Å². The summed E-state index contributed by atoms with van der Waals surface area (Å²) in [5, 5.41) is 2.37. The van der Waals surface area contributed by atoms with Crippen LogP contribution in [0.1, 0.15) is 12.8 Å². The predicted molar refractivity (Wildman–Crippen MR) is 62.9 cm³/mol. The van der Waals surface area contributed by atoms with E-state index in [4.69, 9.17) is 9.47 Å². The van der Waals surface area contributed by atoms with E-state index in [2.05, 4.69) is 5.32 Å². The Kier molecular flexibility index (Phi) is 4.05. The minimum absolute atomic E-state index is 0.679. The molecule has 0 aliphatic carbocycles. The Labute approximate surface area is 96.8 Å². The van der Waals surface area contributed by atoms with E-state index in [9.17, 15) is 0 Å². The van der Waals surface area contributed by atoms with Gasteiger partial charge < -0.3 is 14.8 Å². The molecule has 3 heteroatoms. The lowest BCUT2D eigenvalue weighted by Crippen LogP contribution is -2.87. The van der Waals surface area contributed by atoms with Gasteiger partial charge >= 0.3 is 0 Å². The molecule has 1 aromatic rings. The van der Waals surface area contributed by atoms with Crippen molar-refractivity contribution < 1.29 is 14.8 Å². The molecule has 1 aliphatic heterocycles. The van der Waals surface area contributed by atoms with Crippen LogP contribution in [0, 0.1) is 5.92 Å². The van der Waals surface area contributed by atoms with Gasteiger partial charge in [-0.1, -0.05) is 12.1 Å². The second-order valence-corrected chi connectivity index (χ2v) is 4.28. The Hall–Kier alpha value is -1.22. The fraction of sp³-hybridized carbons (Fsp3) is 0.538. The van der Waals surface area contributed by atoms with E-state index in [1.807, 2.05) is 24.3 Å². The highest BCUT2D eigenvalue weighted by atomic mass is 16.5. The first-order chi connectivity index (χ1) is 7.90. The van der Waals surface area contributed by atoms with Gasteiger partial charge in [0.15, 0.2) is 11.5 Å². The highest BCUT2D eigenvalue weighted by molar-refractivity contribution is 5.39. The van der Waals surface area contributed by atoms with Crippen LogP contribution < -0.4 is 14.8 Å². The van der Waals surface area contributed by atoms with Gasteiger partial charge in [0.1, 0.15) is 0 Å². The van der Waals surface area contributed by atoms with Gasteiger partial charge in [0.25, 0.3) is 0 Å². The van der Waals surface area contributed by atoms with Gasteiger partial charge in [0, 0.05) is 5.92 Å². The molecule has 1 saturated heterocycles. The number of hydrogen-bond donors (Lipinski definition) is 1. The van der Waals surface area contributed by atoms with Crippen LogP contribution in [0.25, 0.3) is 0 Å². The van der Waals surface area contributed by atoms with Crippen LogP contribution in [0.4, 0.5) is 0 Å². The predicted octanol–water partition coefficient (Wildman–Crippen LogP) is 1.05. The maximum absolute atomic E-state index is 5.82. The van der Waals surface area contributed by atoms with Crippen molar-refractivity contribution in [2.24, 2.45) is 5.92 Å². The minimum Gasteiger partial charge on any atom is -0.493 e. The van der Waals surface area contributed by atoms with Crippen molar-refractivity contribution in [3.63, 3.8) is 0 Å². The summed E-state index contributed by atoms with van der Waals surface area (Å²) < 4.78 is 11.1. The number of benzene rings is 1. The Balaban J connectivity index is 1.88. The number of ether oxygens (including phenoxy) is 2. The van der Waals surface area contributed by atoms with Gasteiger partial charge in [-0.25, -0.2) is 0 Å². The summed E-state index contributed by atoms with van der Waals surface area (Å²) >= 11 is 0. The number of piperidine rings is 1. The lowest BCUT2D eigenvalue weighted by Gasteiger charge is -2.20. The first kappa shape index (κ1) is 11.3. The number of para-hydroxylation sites is 2. The lowest BCUT2D eigenvalue weighted by atomic mass is 10.0. The van der Waals surface area contributed by atoms with Crippen LogP contribution in [0.15, 0.2) is 24.3 Å². The van der Waals surface area contributed by atoms with Gasteiger partial charge in [-0.3, -0.25) is 0 Å². The molecule has 0 bridgehead atoms. The average Bonchev–Trinajstić information content (AvgIpc) is 2.38. The SMILES string of the molecule is COc1ccccc1OC[C@H]1CCC[NH2+]C1. The Morgan fingerprint density at radius 2 is 2.12 bits per heavy atom. The number of rotatable bonds is 4. The lowest BCUT2D eigenvalue weighted by molar-refractivity contribution is -0.669. The van der Waals surface area contributed by atoms with Gasteiger partial charge in [-0.15, -0.1) is 0 Å². The van der Waals surface area contributed by atoms with Crippen molar-refractivity contribution >= 4 is 0 Å². The molecule has 1 heterocycles. The molecule has 0 saturated carbocycles. The minimum atomic E-state index is 0.679. The maximum atomic E-state index is 5.82. The van der Waals surface area contributed by atoms with Crippen molar-refractivity contribution in [2.45, 2.75) is 12.8 Å². The molecule has 0 aromatic heterocycles. The van der Waals surface area contributed by atoms with E-state index < -0.39 is 0 Å². The smallest absolute Gasteiger partial charge is 0.161 e. The molecule has 0 amide bonds. The second kappa shape index (κ2) is 5.75. The fourth-order valence-corrected chi connectivity index (χ4v) is 2.12. The summed E-state index contributed by atoms with van der Waals surface area (Å²) in [4.78, 5) is 0. The third kappa shape index (κ3) is 2.89. The molecule has 2 rings (SSSR count). The molecule has 88 valence electrons. The molecule has 1 aliphatic rings. The highest BCUT2D eigenvalue weighted by Crippen LogP contribution is 2.26. The van der Waals surface area contributed by atoms with Gasteiger partial charge in [-0.05, 0) is 25.0 Å². The normalized spacial score (nSPS) is 20.4. The summed E-state index contributed by atoms with van der Waals surface area (Å²) in [6.07, 6.45) is 2.59. The summed E-state index contributed by atoms with van der Waals surface area (Å²) in [6, 6.07) is 7.83. The molecular weight excluding hydrogens is 202 g/mol. The van der Waals surface area contributed by atoms with Gasteiger partial charge in [-0.2, -0.15) is 0 Å². The monoisotopic (exact) mass is 222 g/mol. The van der Waals surface area contributed by atoms with Crippen LogP contribution in [0.5, 0.6) is 11.5 Å². The van der Waals surface area contributed by atoms with Gasteiger partial charge in [0.2, 0.25) is 0 Å². The Morgan fingerprint density at radius 3 is 2.81 bits per heavy atom. The third-order valence-electron chi connectivity index (χ3n) is 3.06. The van der Waals surface area contributed by atoms with E-state index in [0.717, 1.165) is 18.1 Å². The molecule has 0 spiro atoms. The molecule has 2 N–H and O–H groups in total. The standard InChI is InChI=1S/C13H19NO2/c1-15-12-6-2-3-7-13(12)16-10-11-5-4-8-14-9-11/h2-3,6-7,11,14H,4-5,8-10H2,1H3/p+1/t11-/m0/s1. The van der Waals surface area contributed by atoms with Crippen molar-refractivity contribution in [1.82, 2.24) is 0 Å². The van der Waals surface area contributed by atoms with E-state index in [1.165, 1.54) is 25.9 Å². The largest absolute Gasteiger partial charge is 0.493 e. The fourth-order valence-electron chi connectivity index (χ4n) is 2.12. The molecule has 1 aromatic carbocycles. The van der Waals surface area contributed by atoms with Crippen LogP contribution in [0.2, 0.25) is 0 Å². The average molecular weight is 222 g/mol. The van der Waals surface area contributed by atoms with Crippen molar-refractivity contribution in [1.29, 1.82) is 0 Å². The number of quaternary nitrogens is 1. The highest BCUT2D eigenvalue weighted by Gasteiger charge is 2.17. The number of hydrogen-bond acceptors (Lipinski definition) is 2. The van der Waals surface area contributed by atoms with E-state index in [1.54, 1.807) is 7.11 Å². The molecule has 1 atom stereocenters. The summed E-state index contributed by atoms with van der Waals surface area (Å²) in [6.45, 7) is 3.26. The quantitative estimate of drug-likeness (QED) is 0.826.